The summed E-state index contributed by atoms with van der Waals surface area (Å²) in [6.07, 6.45) is 2.36. The van der Waals surface area contributed by atoms with E-state index < -0.39 is 16.1 Å². The van der Waals surface area contributed by atoms with Crippen molar-refractivity contribution in [3.63, 3.8) is 0 Å². The highest BCUT2D eigenvalue weighted by Gasteiger charge is 2.36. The smallest absolute Gasteiger partial charge is 0.242 e. The van der Waals surface area contributed by atoms with E-state index in [4.69, 9.17) is 11.6 Å². The standard InChI is InChI=1S/C13H17ClN2O3S/c1-9-5-6-10(14)8-11(9)15-13(17)12-4-3-7-16(12)20(2,18)19/h5-6,8,12H,3-4,7H2,1-2H3,(H,15,17). The van der Waals surface area contributed by atoms with E-state index in [1.807, 2.05) is 6.92 Å². The first-order valence-electron chi connectivity index (χ1n) is 6.33. The number of halogens is 1. The number of amides is 1. The summed E-state index contributed by atoms with van der Waals surface area (Å²) in [4.78, 5) is 12.3. The van der Waals surface area contributed by atoms with Crippen LogP contribution in [-0.2, 0) is 14.8 Å². The highest BCUT2D eigenvalue weighted by atomic mass is 35.5. The highest BCUT2D eigenvalue weighted by Crippen LogP contribution is 2.24. The Balaban J connectivity index is 2.18. The average molecular weight is 317 g/mol. The van der Waals surface area contributed by atoms with E-state index in [1.165, 1.54) is 4.31 Å². The van der Waals surface area contributed by atoms with Gasteiger partial charge >= 0.3 is 0 Å². The van der Waals surface area contributed by atoms with E-state index in [1.54, 1.807) is 18.2 Å². The molecule has 1 aliphatic rings. The molecule has 1 amide bonds. The van der Waals surface area contributed by atoms with E-state index in [0.717, 1.165) is 11.8 Å². The third-order valence-electron chi connectivity index (χ3n) is 3.39. The topological polar surface area (TPSA) is 66.5 Å². The summed E-state index contributed by atoms with van der Waals surface area (Å²) < 4.78 is 24.5. The number of sulfonamides is 1. The van der Waals surface area contributed by atoms with Crippen LogP contribution in [0.1, 0.15) is 18.4 Å². The lowest BCUT2D eigenvalue weighted by Crippen LogP contribution is -2.42. The number of rotatable bonds is 3. The molecule has 1 aliphatic heterocycles. The second-order valence-electron chi connectivity index (χ2n) is 4.98. The molecular formula is C13H17ClN2O3S. The Hall–Kier alpha value is -1.11. The largest absolute Gasteiger partial charge is 0.324 e. The van der Waals surface area contributed by atoms with E-state index in [2.05, 4.69) is 5.32 Å². The molecular weight excluding hydrogens is 300 g/mol. The van der Waals surface area contributed by atoms with Crippen LogP contribution in [0.4, 0.5) is 5.69 Å². The Kier molecular flexibility index (Phi) is 4.36. The number of nitrogens with one attached hydrogen (secondary N) is 1. The summed E-state index contributed by atoms with van der Waals surface area (Å²) >= 11 is 5.90. The molecule has 0 aromatic heterocycles. The third kappa shape index (κ3) is 3.31. The molecule has 0 aliphatic carbocycles. The van der Waals surface area contributed by atoms with Crippen molar-refractivity contribution in [2.24, 2.45) is 0 Å². The van der Waals surface area contributed by atoms with E-state index in [0.29, 0.717) is 30.1 Å². The lowest BCUT2D eigenvalue weighted by Gasteiger charge is -2.21. The molecule has 7 heteroatoms. The van der Waals surface area contributed by atoms with Crippen molar-refractivity contribution in [1.82, 2.24) is 4.31 Å². The van der Waals surface area contributed by atoms with Gasteiger partial charge in [-0.15, -0.1) is 0 Å². The van der Waals surface area contributed by atoms with Crippen molar-refractivity contribution in [3.05, 3.63) is 28.8 Å². The van der Waals surface area contributed by atoms with Gasteiger partial charge in [0.05, 0.1) is 6.26 Å². The summed E-state index contributed by atoms with van der Waals surface area (Å²) in [6, 6.07) is 4.57. The molecule has 0 spiro atoms. The van der Waals surface area contributed by atoms with Gasteiger partial charge in [0.1, 0.15) is 6.04 Å². The second-order valence-corrected chi connectivity index (χ2v) is 7.35. The third-order valence-corrected chi connectivity index (χ3v) is 4.91. The maximum Gasteiger partial charge on any atom is 0.242 e. The Morgan fingerprint density at radius 1 is 1.45 bits per heavy atom. The number of hydrogen-bond acceptors (Lipinski definition) is 3. The van der Waals surface area contributed by atoms with Crippen LogP contribution >= 0.6 is 11.6 Å². The zero-order valence-corrected chi connectivity index (χ0v) is 13.0. The molecule has 0 bridgehead atoms. The molecule has 110 valence electrons. The van der Waals surface area contributed by atoms with Crippen LogP contribution in [0.2, 0.25) is 5.02 Å². The number of nitrogens with zero attached hydrogens (tertiary/aromatic N) is 1. The van der Waals surface area contributed by atoms with Crippen LogP contribution in [0.25, 0.3) is 0 Å². The predicted octanol–water partition coefficient (Wildman–Crippen LogP) is 2.01. The Morgan fingerprint density at radius 2 is 2.15 bits per heavy atom. The molecule has 1 saturated heterocycles. The molecule has 20 heavy (non-hydrogen) atoms. The number of carbonyl (C=O) groups is 1. The Morgan fingerprint density at radius 3 is 2.80 bits per heavy atom. The molecule has 1 aromatic carbocycles. The lowest BCUT2D eigenvalue weighted by molar-refractivity contribution is -0.119. The minimum absolute atomic E-state index is 0.307. The van der Waals surface area contributed by atoms with Gasteiger partial charge in [-0.1, -0.05) is 17.7 Å². The van der Waals surface area contributed by atoms with Gasteiger partial charge in [0, 0.05) is 17.3 Å². The first-order valence-corrected chi connectivity index (χ1v) is 8.55. The van der Waals surface area contributed by atoms with Crippen LogP contribution in [0.3, 0.4) is 0 Å². The number of anilines is 1. The Labute approximate surface area is 124 Å². The van der Waals surface area contributed by atoms with Gasteiger partial charge in [0.15, 0.2) is 0 Å². The van der Waals surface area contributed by atoms with Crippen molar-refractivity contribution >= 4 is 33.2 Å². The van der Waals surface area contributed by atoms with Crippen LogP contribution in [-0.4, -0.2) is 37.5 Å². The van der Waals surface area contributed by atoms with E-state index in [9.17, 15) is 13.2 Å². The van der Waals surface area contributed by atoms with Gasteiger partial charge in [-0.2, -0.15) is 4.31 Å². The lowest BCUT2D eigenvalue weighted by atomic mass is 10.1. The molecule has 1 fully saturated rings. The first-order chi connectivity index (χ1) is 9.29. The van der Waals surface area contributed by atoms with Crippen molar-refractivity contribution in [2.75, 3.05) is 18.1 Å². The summed E-state index contributed by atoms with van der Waals surface area (Å²) in [5.74, 6) is -0.307. The molecule has 2 rings (SSSR count). The first kappa shape index (κ1) is 15.3. The fourth-order valence-electron chi connectivity index (χ4n) is 2.34. The van der Waals surface area contributed by atoms with Gasteiger partial charge in [0.2, 0.25) is 15.9 Å². The maximum absolute atomic E-state index is 12.3. The minimum Gasteiger partial charge on any atom is -0.324 e. The van der Waals surface area contributed by atoms with Crippen molar-refractivity contribution in [1.29, 1.82) is 0 Å². The molecule has 0 saturated carbocycles. The molecule has 1 atom stereocenters. The van der Waals surface area contributed by atoms with Gasteiger partial charge in [0.25, 0.3) is 0 Å². The number of hydrogen-bond donors (Lipinski definition) is 1. The van der Waals surface area contributed by atoms with Crippen LogP contribution in [0, 0.1) is 6.92 Å². The van der Waals surface area contributed by atoms with Gasteiger partial charge < -0.3 is 5.32 Å². The number of carbonyl (C=O) groups excluding carboxylic acids is 1. The van der Waals surface area contributed by atoms with Crippen molar-refractivity contribution in [3.8, 4) is 0 Å². The van der Waals surface area contributed by atoms with Gasteiger partial charge in [-0.05, 0) is 37.5 Å². The van der Waals surface area contributed by atoms with Crippen molar-refractivity contribution < 1.29 is 13.2 Å². The monoisotopic (exact) mass is 316 g/mol. The molecule has 0 radical (unpaired) electrons. The van der Waals surface area contributed by atoms with Crippen LogP contribution < -0.4 is 5.32 Å². The zero-order chi connectivity index (χ0) is 14.9. The predicted molar refractivity (Wildman–Crippen MR) is 79.4 cm³/mol. The molecule has 1 heterocycles. The Bertz CT molecular complexity index is 631. The minimum atomic E-state index is -3.36. The SMILES string of the molecule is Cc1ccc(Cl)cc1NC(=O)C1CCCN1S(C)(=O)=O. The molecule has 1 N–H and O–H groups in total. The fourth-order valence-corrected chi connectivity index (χ4v) is 3.64. The summed E-state index contributed by atoms with van der Waals surface area (Å²) in [5.41, 5.74) is 1.49. The highest BCUT2D eigenvalue weighted by molar-refractivity contribution is 7.88. The maximum atomic E-state index is 12.3. The molecule has 5 nitrogen and oxygen atoms in total. The summed E-state index contributed by atoms with van der Waals surface area (Å²) in [5, 5.41) is 3.29. The van der Waals surface area contributed by atoms with Crippen molar-refractivity contribution in [2.45, 2.75) is 25.8 Å². The summed E-state index contributed by atoms with van der Waals surface area (Å²) in [6.45, 7) is 2.25. The fraction of sp³-hybridized carbons (Fsp3) is 0.462. The van der Waals surface area contributed by atoms with E-state index >= 15 is 0 Å². The normalized spacial score (nSPS) is 20.1. The van der Waals surface area contributed by atoms with Gasteiger partial charge in [-0.3, -0.25) is 4.79 Å². The number of benzene rings is 1. The van der Waals surface area contributed by atoms with E-state index in [-0.39, 0.29) is 5.91 Å². The molecule has 1 aromatic rings. The summed E-state index contributed by atoms with van der Waals surface area (Å²) in [7, 11) is -3.36. The number of aryl methyl sites for hydroxylation is 1. The second kappa shape index (κ2) is 5.71. The zero-order valence-electron chi connectivity index (χ0n) is 11.4. The molecule has 1 unspecified atom stereocenters. The van der Waals surface area contributed by atoms with Crippen LogP contribution in [0.15, 0.2) is 18.2 Å². The van der Waals surface area contributed by atoms with Crippen LogP contribution in [0.5, 0.6) is 0 Å². The quantitative estimate of drug-likeness (QED) is 0.927. The average Bonchev–Trinajstić information content (AvgIpc) is 2.82. The van der Waals surface area contributed by atoms with Gasteiger partial charge in [-0.25, -0.2) is 8.42 Å².